The van der Waals surface area contributed by atoms with Gasteiger partial charge in [0.2, 0.25) is 0 Å². The second-order valence-corrected chi connectivity index (χ2v) is 4.87. The second-order valence-electron chi connectivity index (χ2n) is 4.87. The Balaban J connectivity index is 2.45. The van der Waals surface area contributed by atoms with Gasteiger partial charge in [-0.3, -0.25) is 10.1 Å². The topological polar surface area (TPSA) is 73.6 Å². The minimum absolute atomic E-state index is 0.0682. The summed E-state index contributed by atoms with van der Waals surface area (Å²) in [5, 5.41) is 13.8. The van der Waals surface area contributed by atoms with Gasteiger partial charge in [0.15, 0.2) is 0 Å². The molecule has 0 saturated heterocycles. The summed E-state index contributed by atoms with van der Waals surface area (Å²) in [7, 11) is 1.77. The number of benzene rings is 1. The van der Waals surface area contributed by atoms with Crippen LogP contribution in [0.15, 0.2) is 18.2 Å². The van der Waals surface area contributed by atoms with Crippen molar-refractivity contribution in [3.63, 3.8) is 0 Å². The summed E-state index contributed by atoms with van der Waals surface area (Å²) in [5.74, 6) is 0.502. The van der Waals surface area contributed by atoms with Crippen LogP contribution in [0.5, 0.6) is 0 Å². The van der Waals surface area contributed by atoms with Gasteiger partial charge in [0.1, 0.15) is 0 Å². The van der Waals surface area contributed by atoms with Crippen molar-refractivity contribution in [3.8, 4) is 0 Å². The van der Waals surface area contributed by atoms with Gasteiger partial charge < -0.3 is 14.8 Å². The Morgan fingerprint density at radius 3 is 2.60 bits per heavy atom. The average molecular weight is 282 g/mol. The van der Waals surface area contributed by atoms with Crippen molar-refractivity contribution in [2.45, 2.75) is 20.5 Å². The van der Waals surface area contributed by atoms with E-state index in [-0.39, 0.29) is 5.69 Å². The molecule has 6 nitrogen and oxygen atoms in total. The third-order valence-electron chi connectivity index (χ3n) is 2.65. The van der Waals surface area contributed by atoms with Crippen LogP contribution in [0.25, 0.3) is 0 Å². The SMILES string of the molecule is CNc1ccc([N+](=O)[O-])cc1COCCOCC(C)C. The second kappa shape index (κ2) is 8.50. The smallest absolute Gasteiger partial charge is 0.269 e. The van der Waals surface area contributed by atoms with E-state index in [9.17, 15) is 10.1 Å². The molecular formula is C14H22N2O4. The fraction of sp³-hybridized carbons (Fsp3) is 0.571. The predicted octanol–water partition coefficient (Wildman–Crippen LogP) is 2.83. The van der Waals surface area contributed by atoms with Crippen molar-refractivity contribution >= 4 is 11.4 Å². The number of rotatable bonds is 9. The first kappa shape index (κ1) is 16.4. The summed E-state index contributed by atoms with van der Waals surface area (Å²) in [4.78, 5) is 10.3. The lowest BCUT2D eigenvalue weighted by Gasteiger charge is -2.10. The van der Waals surface area contributed by atoms with Gasteiger partial charge in [-0.1, -0.05) is 13.8 Å². The van der Waals surface area contributed by atoms with E-state index in [1.165, 1.54) is 12.1 Å². The van der Waals surface area contributed by atoms with Gasteiger partial charge in [0, 0.05) is 37.0 Å². The zero-order valence-corrected chi connectivity index (χ0v) is 12.2. The molecule has 0 fully saturated rings. The molecule has 6 heteroatoms. The lowest BCUT2D eigenvalue weighted by Crippen LogP contribution is -2.09. The summed E-state index contributed by atoms with van der Waals surface area (Å²) < 4.78 is 10.9. The first-order chi connectivity index (χ1) is 9.54. The normalized spacial score (nSPS) is 10.8. The molecule has 1 aromatic carbocycles. The van der Waals surface area contributed by atoms with Crippen LogP contribution in [0.2, 0.25) is 0 Å². The molecule has 0 aliphatic heterocycles. The highest BCUT2D eigenvalue weighted by Gasteiger charge is 2.10. The van der Waals surface area contributed by atoms with Crippen LogP contribution >= 0.6 is 0 Å². The van der Waals surface area contributed by atoms with Crippen LogP contribution in [0.4, 0.5) is 11.4 Å². The number of hydrogen-bond acceptors (Lipinski definition) is 5. The van der Waals surface area contributed by atoms with Gasteiger partial charge in [-0.05, 0) is 12.0 Å². The molecule has 0 heterocycles. The van der Waals surface area contributed by atoms with E-state index in [0.717, 1.165) is 11.3 Å². The number of ether oxygens (including phenoxy) is 2. The molecule has 0 amide bonds. The Morgan fingerprint density at radius 1 is 1.30 bits per heavy atom. The van der Waals surface area contributed by atoms with Crippen LogP contribution in [-0.4, -0.2) is 31.8 Å². The number of anilines is 1. The molecule has 0 aliphatic carbocycles. The molecule has 0 bridgehead atoms. The standard InChI is InChI=1S/C14H22N2O4/c1-11(2)9-19-6-7-20-10-12-8-13(16(17)18)4-5-14(12)15-3/h4-5,8,11,15H,6-7,9-10H2,1-3H3. The molecule has 0 aromatic heterocycles. The number of hydrogen-bond donors (Lipinski definition) is 1. The Hall–Kier alpha value is -1.66. The third-order valence-corrected chi connectivity index (χ3v) is 2.65. The number of nitro benzene ring substituents is 1. The third kappa shape index (κ3) is 5.54. The zero-order valence-electron chi connectivity index (χ0n) is 12.2. The fourth-order valence-corrected chi connectivity index (χ4v) is 1.68. The highest BCUT2D eigenvalue weighted by atomic mass is 16.6. The van der Waals surface area contributed by atoms with Crippen LogP contribution in [0.1, 0.15) is 19.4 Å². The highest BCUT2D eigenvalue weighted by Crippen LogP contribution is 2.22. The van der Waals surface area contributed by atoms with Crippen molar-refractivity contribution in [3.05, 3.63) is 33.9 Å². The maximum absolute atomic E-state index is 10.8. The lowest BCUT2D eigenvalue weighted by molar-refractivity contribution is -0.384. The Bertz CT molecular complexity index is 435. The van der Waals surface area contributed by atoms with Crippen LogP contribution in [0, 0.1) is 16.0 Å². The molecule has 0 radical (unpaired) electrons. The Labute approximate surface area is 119 Å². The van der Waals surface area contributed by atoms with Crippen molar-refractivity contribution in [2.75, 3.05) is 32.2 Å². The van der Waals surface area contributed by atoms with Crippen molar-refractivity contribution < 1.29 is 14.4 Å². The summed E-state index contributed by atoms with van der Waals surface area (Å²) in [6.45, 7) is 6.21. The molecule has 0 atom stereocenters. The van der Waals surface area contributed by atoms with E-state index >= 15 is 0 Å². The molecule has 1 rings (SSSR count). The van der Waals surface area contributed by atoms with E-state index in [2.05, 4.69) is 19.2 Å². The van der Waals surface area contributed by atoms with Crippen LogP contribution in [-0.2, 0) is 16.1 Å². The first-order valence-corrected chi connectivity index (χ1v) is 6.65. The van der Waals surface area contributed by atoms with Crippen molar-refractivity contribution in [1.29, 1.82) is 0 Å². The van der Waals surface area contributed by atoms with Gasteiger partial charge in [0.05, 0.1) is 24.7 Å². The minimum Gasteiger partial charge on any atom is -0.388 e. The molecule has 1 N–H and O–H groups in total. The molecule has 0 unspecified atom stereocenters. The van der Waals surface area contributed by atoms with Crippen LogP contribution < -0.4 is 5.32 Å². The molecule has 112 valence electrons. The van der Waals surface area contributed by atoms with E-state index in [1.807, 2.05) is 0 Å². The maximum atomic E-state index is 10.8. The van der Waals surface area contributed by atoms with Gasteiger partial charge in [0.25, 0.3) is 5.69 Å². The average Bonchev–Trinajstić information content (AvgIpc) is 2.42. The Morgan fingerprint density at radius 2 is 2.00 bits per heavy atom. The monoisotopic (exact) mass is 282 g/mol. The van der Waals surface area contributed by atoms with Gasteiger partial charge in [-0.2, -0.15) is 0 Å². The summed E-state index contributed by atoms with van der Waals surface area (Å²) in [5.41, 5.74) is 1.67. The molecule has 0 spiro atoms. The minimum atomic E-state index is -0.408. The first-order valence-electron chi connectivity index (χ1n) is 6.65. The molecular weight excluding hydrogens is 260 g/mol. The lowest BCUT2D eigenvalue weighted by atomic mass is 10.1. The number of nitrogens with one attached hydrogen (secondary N) is 1. The number of non-ortho nitro benzene ring substituents is 1. The van der Waals surface area contributed by atoms with E-state index in [0.29, 0.717) is 32.3 Å². The quantitative estimate of drug-likeness (QED) is 0.428. The molecule has 1 aromatic rings. The largest absolute Gasteiger partial charge is 0.388 e. The Kier molecular flexibility index (Phi) is 6.97. The fourth-order valence-electron chi connectivity index (χ4n) is 1.68. The molecule has 20 heavy (non-hydrogen) atoms. The van der Waals surface area contributed by atoms with E-state index in [4.69, 9.17) is 9.47 Å². The van der Waals surface area contributed by atoms with Gasteiger partial charge in [-0.25, -0.2) is 0 Å². The molecule has 0 aliphatic rings. The summed E-state index contributed by atoms with van der Waals surface area (Å²) in [6, 6.07) is 4.69. The summed E-state index contributed by atoms with van der Waals surface area (Å²) in [6.07, 6.45) is 0. The van der Waals surface area contributed by atoms with Crippen LogP contribution in [0.3, 0.4) is 0 Å². The van der Waals surface area contributed by atoms with Gasteiger partial charge in [-0.15, -0.1) is 0 Å². The van der Waals surface area contributed by atoms with Crippen molar-refractivity contribution in [2.24, 2.45) is 5.92 Å². The van der Waals surface area contributed by atoms with E-state index in [1.54, 1.807) is 13.1 Å². The number of nitrogens with zero attached hydrogens (tertiary/aromatic N) is 1. The highest BCUT2D eigenvalue weighted by molar-refractivity contribution is 5.55. The van der Waals surface area contributed by atoms with Gasteiger partial charge >= 0.3 is 0 Å². The molecule has 0 saturated carbocycles. The van der Waals surface area contributed by atoms with E-state index < -0.39 is 4.92 Å². The number of nitro groups is 1. The van der Waals surface area contributed by atoms with Crippen molar-refractivity contribution in [1.82, 2.24) is 0 Å². The zero-order chi connectivity index (χ0) is 15.0. The summed E-state index contributed by atoms with van der Waals surface area (Å²) >= 11 is 0. The maximum Gasteiger partial charge on any atom is 0.269 e. The predicted molar refractivity (Wildman–Crippen MR) is 78.0 cm³/mol.